The van der Waals surface area contributed by atoms with Gasteiger partial charge in [-0.3, -0.25) is 0 Å². The Bertz CT molecular complexity index is 130. The van der Waals surface area contributed by atoms with Crippen molar-refractivity contribution in [3.63, 3.8) is 0 Å². The summed E-state index contributed by atoms with van der Waals surface area (Å²) in [5.41, 5.74) is 0.779. The van der Waals surface area contributed by atoms with E-state index in [1.54, 1.807) is 0 Å². The van der Waals surface area contributed by atoms with E-state index >= 15 is 0 Å². The van der Waals surface area contributed by atoms with Crippen LogP contribution in [0.25, 0.3) is 0 Å². The number of hydrogen-bond acceptors (Lipinski definition) is 2. The fourth-order valence-electron chi connectivity index (χ4n) is 1.63. The Hall–Kier alpha value is -0.370. The van der Waals surface area contributed by atoms with Crippen molar-refractivity contribution < 1.29 is 0 Å². The van der Waals surface area contributed by atoms with Crippen LogP contribution in [0.2, 0.25) is 0 Å². The fourth-order valence-corrected chi connectivity index (χ4v) is 1.63. The van der Waals surface area contributed by atoms with Crippen molar-refractivity contribution in [3.05, 3.63) is 0 Å². The second-order valence-electron chi connectivity index (χ2n) is 3.53. The maximum Gasteiger partial charge on any atom is 0.0137 e. The largest absolute Gasteiger partial charge is 0.317 e. The normalized spacial score (nSPS) is 16.5. The Morgan fingerprint density at radius 1 is 1.27 bits per heavy atom. The Kier molecular flexibility index (Phi) is 4.34. The summed E-state index contributed by atoms with van der Waals surface area (Å²) in [7, 11) is 1.95. The van der Waals surface area contributed by atoms with E-state index in [1.807, 2.05) is 14.0 Å². The molecule has 0 bridgehead atoms. The zero-order valence-corrected chi connectivity index (χ0v) is 8.23. The highest BCUT2D eigenvalue weighted by atomic mass is 14.9. The van der Waals surface area contributed by atoms with Crippen LogP contribution in [0.15, 0.2) is 0 Å². The molecule has 0 aromatic heterocycles. The molecule has 0 aliphatic heterocycles. The summed E-state index contributed by atoms with van der Waals surface area (Å²) in [4.78, 5) is 0. The molecular weight excluding hydrogens is 136 g/mol. The van der Waals surface area contributed by atoms with E-state index in [2.05, 4.69) is 26.1 Å². The minimum Gasteiger partial charge on any atom is -0.317 e. The standard InChI is InChI=1S/C9H20N2/c1-6(2)9(7(3)10)8(4)11-5/h6,8-11H,1-5H3/t8-,9?/m1/s1. The molecule has 0 aromatic carbocycles. The maximum atomic E-state index is 7.58. The van der Waals surface area contributed by atoms with E-state index in [1.165, 1.54) is 0 Å². The van der Waals surface area contributed by atoms with E-state index in [0.717, 1.165) is 5.71 Å². The number of nitrogens with one attached hydrogen (secondary N) is 2. The molecule has 2 nitrogen and oxygen atoms in total. The molecule has 0 radical (unpaired) electrons. The molecule has 0 saturated heterocycles. The van der Waals surface area contributed by atoms with Crippen molar-refractivity contribution in [1.82, 2.24) is 5.32 Å². The van der Waals surface area contributed by atoms with Gasteiger partial charge in [-0.1, -0.05) is 13.8 Å². The van der Waals surface area contributed by atoms with Crippen LogP contribution in [-0.4, -0.2) is 18.8 Å². The van der Waals surface area contributed by atoms with Gasteiger partial charge in [-0.15, -0.1) is 0 Å². The molecular formula is C9H20N2. The van der Waals surface area contributed by atoms with Gasteiger partial charge in [0.15, 0.2) is 0 Å². The molecule has 0 aliphatic rings. The Labute approximate surface area is 69.9 Å². The fraction of sp³-hybridized carbons (Fsp3) is 0.889. The minimum absolute atomic E-state index is 0.375. The maximum absolute atomic E-state index is 7.58. The highest BCUT2D eigenvalue weighted by Gasteiger charge is 2.20. The van der Waals surface area contributed by atoms with Gasteiger partial charge < -0.3 is 10.7 Å². The molecule has 2 heteroatoms. The predicted octanol–water partition coefficient (Wildman–Crippen LogP) is 1.91. The van der Waals surface area contributed by atoms with Crippen LogP contribution < -0.4 is 5.32 Å². The summed E-state index contributed by atoms with van der Waals surface area (Å²) in [5.74, 6) is 0.926. The lowest BCUT2D eigenvalue weighted by atomic mass is 9.86. The molecule has 0 heterocycles. The van der Waals surface area contributed by atoms with Gasteiger partial charge in [-0.25, -0.2) is 0 Å². The predicted molar refractivity (Wildman–Crippen MR) is 50.3 cm³/mol. The zero-order chi connectivity index (χ0) is 9.02. The molecule has 0 spiro atoms. The summed E-state index contributed by atoms with van der Waals surface area (Å²) in [6, 6.07) is 0.410. The van der Waals surface area contributed by atoms with E-state index in [0.29, 0.717) is 17.9 Å². The Balaban J connectivity index is 4.21. The molecule has 66 valence electrons. The van der Waals surface area contributed by atoms with Gasteiger partial charge in [0.1, 0.15) is 0 Å². The van der Waals surface area contributed by atoms with E-state index < -0.39 is 0 Å². The van der Waals surface area contributed by atoms with Crippen LogP contribution >= 0.6 is 0 Å². The molecule has 0 amide bonds. The van der Waals surface area contributed by atoms with Gasteiger partial charge in [0.2, 0.25) is 0 Å². The van der Waals surface area contributed by atoms with Crippen LogP contribution in [0.4, 0.5) is 0 Å². The molecule has 1 unspecified atom stereocenters. The third kappa shape index (κ3) is 3.02. The smallest absolute Gasteiger partial charge is 0.0137 e. The zero-order valence-electron chi connectivity index (χ0n) is 8.23. The third-order valence-electron chi connectivity index (χ3n) is 2.21. The van der Waals surface area contributed by atoms with Crippen LogP contribution in [0.5, 0.6) is 0 Å². The van der Waals surface area contributed by atoms with Crippen LogP contribution in [-0.2, 0) is 0 Å². The number of rotatable bonds is 4. The average molecular weight is 156 g/mol. The molecule has 2 N–H and O–H groups in total. The van der Waals surface area contributed by atoms with Crippen molar-refractivity contribution in [1.29, 1.82) is 5.41 Å². The first-order chi connectivity index (χ1) is 5.00. The SMILES string of the molecule is CN[C@H](C)C(C(C)=N)C(C)C. The van der Waals surface area contributed by atoms with Gasteiger partial charge in [0.25, 0.3) is 0 Å². The highest BCUT2D eigenvalue weighted by Crippen LogP contribution is 2.16. The Morgan fingerprint density at radius 2 is 1.73 bits per heavy atom. The summed E-state index contributed by atoms with van der Waals surface area (Å²) < 4.78 is 0. The summed E-state index contributed by atoms with van der Waals surface area (Å²) in [5, 5.41) is 10.8. The summed E-state index contributed by atoms with van der Waals surface area (Å²) >= 11 is 0. The monoisotopic (exact) mass is 156 g/mol. The second-order valence-corrected chi connectivity index (χ2v) is 3.53. The topological polar surface area (TPSA) is 35.9 Å². The summed E-state index contributed by atoms with van der Waals surface area (Å²) in [6.07, 6.45) is 0. The lowest BCUT2D eigenvalue weighted by Crippen LogP contribution is -2.37. The summed E-state index contributed by atoms with van der Waals surface area (Å²) in [6.45, 7) is 8.34. The lowest BCUT2D eigenvalue weighted by molar-refractivity contribution is 0.387. The van der Waals surface area contributed by atoms with Crippen molar-refractivity contribution in [2.24, 2.45) is 11.8 Å². The van der Waals surface area contributed by atoms with Gasteiger partial charge in [0.05, 0.1) is 0 Å². The van der Waals surface area contributed by atoms with Crippen molar-refractivity contribution in [2.75, 3.05) is 7.05 Å². The van der Waals surface area contributed by atoms with Gasteiger partial charge in [0, 0.05) is 17.7 Å². The molecule has 11 heavy (non-hydrogen) atoms. The van der Waals surface area contributed by atoms with E-state index in [-0.39, 0.29) is 0 Å². The molecule has 0 fully saturated rings. The lowest BCUT2D eigenvalue weighted by Gasteiger charge is -2.26. The van der Waals surface area contributed by atoms with Gasteiger partial charge in [-0.05, 0) is 26.8 Å². The first-order valence-electron chi connectivity index (χ1n) is 4.23. The molecule has 0 saturated carbocycles. The molecule has 0 aliphatic carbocycles. The molecule has 0 aromatic rings. The van der Waals surface area contributed by atoms with Crippen LogP contribution in [0.3, 0.4) is 0 Å². The Morgan fingerprint density at radius 3 is 1.82 bits per heavy atom. The second kappa shape index (κ2) is 4.50. The number of hydrogen-bond donors (Lipinski definition) is 2. The first kappa shape index (κ1) is 10.6. The van der Waals surface area contributed by atoms with Gasteiger partial charge >= 0.3 is 0 Å². The van der Waals surface area contributed by atoms with Crippen LogP contribution in [0.1, 0.15) is 27.7 Å². The average Bonchev–Trinajstić information content (AvgIpc) is 1.85. The third-order valence-corrected chi connectivity index (χ3v) is 2.21. The minimum atomic E-state index is 0.375. The molecule has 0 rings (SSSR count). The van der Waals surface area contributed by atoms with E-state index in [4.69, 9.17) is 5.41 Å². The van der Waals surface area contributed by atoms with Gasteiger partial charge in [-0.2, -0.15) is 0 Å². The first-order valence-corrected chi connectivity index (χ1v) is 4.23. The van der Waals surface area contributed by atoms with Crippen molar-refractivity contribution in [2.45, 2.75) is 33.7 Å². The van der Waals surface area contributed by atoms with Crippen molar-refractivity contribution in [3.8, 4) is 0 Å². The quantitative estimate of drug-likeness (QED) is 0.599. The molecule has 2 atom stereocenters. The van der Waals surface area contributed by atoms with Crippen LogP contribution in [0, 0.1) is 17.2 Å². The van der Waals surface area contributed by atoms with Crippen molar-refractivity contribution >= 4 is 5.71 Å². The van der Waals surface area contributed by atoms with E-state index in [9.17, 15) is 0 Å². The highest BCUT2D eigenvalue weighted by molar-refractivity contribution is 5.82.